The maximum absolute atomic E-state index is 12.6. The van der Waals surface area contributed by atoms with Gasteiger partial charge in [0.05, 0.1) is 5.56 Å². The van der Waals surface area contributed by atoms with Crippen molar-refractivity contribution in [2.45, 2.75) is 6.18 Å². The van der Waals surface area contributed by atoms with Crippen LogP contribution in [0.25, 0.3) is 0 Å². The van der Waals surface area contributed by atoms with Crippen LogP contribution in [-0.2, 0) is 11.0 Å². The van der Waals surface area contributed by atoms with E-state index in [1.165, 1.54) is 12.1 Å². The van der Waals surface area contributed by atoms with Gasteiger partial charge in [0.25, 0.3) is 5.91 Å². The molecule has 2 aromatic rings. The predicted octanol–water partition coefficient (Wildman–Crippen LogP) is 2.53. The molecule has 1 fully saturated rings. The minimum Gasteiger partial charge on any atom is -0.504 e. The number of aromatic nitrogens is 1. The summed E-state index contributed by atoms with van der Waals surface area (Å²) in [5.74, 6) is 0.417. The number of hydrogen-bond acceptors (Lipinski definition) is 5. The van der Waals surface area contributed by atoms with Gasteiger partial charge in [0.15, 0.2) is 18.1 Å². The van der Waals surface area contributed by atoms with Crippen LogP contribution >= 0.6 is 0 Å². The number of carbonyl (C=O) groups is 1. The Kier molecular flexibility index (Phi) is 5.38. The zero-order valence-corrected chi connectivity index (χ0v) is 14.3. The van der Waals surface area contributed by atoms with E-state index in [1.807, 2.05) is 4.90 Å². The number of benzene rings is 1. The minimum atomic E-state index is -4.41. The molecule has 0 bridgehead atoms. The van der Waals surface area contributed by atoms with Crippen LogP contribution in [0.15, 0.2) is 42.6 Å². The summed E-state index contributed by atoms with van der Waals surface area (Å²) in [7, 11) is 0. The van der Waals surface area contributed by atoms with Gasteiger partial charge in [-0.2, -0.15) is 13.2 Å². The number of amides is 1. The fourth-order valence-electron chi connectivity index (χ4n) is 2.74. The van der Waals surface area contributed by atoms with Crippen LogP contribution in [0.1, 0.15) is 5.56 Å². The fourth-order valence-corrected chi connectivity index (χ4v) is 2.74. The van der Waals surface area contributed by atoms with Crippen LogP contribution < -0.4 is 9.64 Å². The quantitative estimate of drug-likeness (QED) is 0.882. The van der Waals surface area contributed by atoms with Crippen LogP contribution in [0.4, 0.5) is 19.0 Å². The van der Waals surface area contributed by atoms with Crippen molar-refractivity contribution in [3.8, 4) is 11.5 Å². The molecule has 1 N–H and O–H groups in total. The lowest BCUT2D eigenvalue weighted by Gasteiger charge is -2.35. The lowest BCUT2D eigenvalue weighted by molar-refractivity contribution is -0.138. The second-order valence-electron chi connectivity index (χ2n) is 6.03. The van der Waals surface area contributed by atoms with Gasteiger partial charge in [-0.05, 0) is 24.3 Å². The number of piperazine rings is 1. The Hall–Kier alpha value is -2.97. The Morgan fingerprint density at radius 3 is 2.41 bits per heavy atom. The Morgan fingerprint density at radius 1 is 1.11 bits per heavy atom. The highest BCUT2D eigenvalue weighted by molar-refractivity contribution is 5.78. The molecule has 1 aliphatic heterocycles. The number of para-hydroxylation sites is 2. The smallest absolute Gasteiger partial charge is 0.417 e. The third-order valence-corrected chi connectivity index (χ3v) is 4.25. The van der Waals surface area contributed by atoms with Crippen LogP contribution in [0.2, 0.25) is 0 Å². The first kappa shape index (κ1) is 18.8. The van der Waals surface area contributed by atoms with Crippen molar-refractivity contribution in [1.82, 2.24) is 9.88 Å². The van der Waals surface area contributed by atoms with E-state index >= 15 is 0 Å². The van der Waals surface area contributed by atoms with Crippen molar-refractivity contribution < 1.29 is 27.8 Å². The van der Waals surface area contributed by atoms with Crippen molar-refractivity contribution >= 4 is 11.7 Å². The van der Waals surface area contributed by atoms with Gasteiger partial charge < -0.3 is 19.6 Å². The number of aromatic hydroxyl groups is 1. The molecule has 0 radical (unpaired) electrons. The summed E-state index contributed by atoms with van der Waals surface area (Å²) in [5.41, 5.74) is -0.790. The van der Waals surface area contributed by atoms with Crippen molar-refractivity contribution in [2.75, 3.05) is 37.7 Å². The van der Waals surface area contributed by atoms with Gasteiger partial charge in [-0.1, -0.05) is 12.1 Å². The highest BCUT2D eigenvalue weighted by Crippen LogP contribution is 2.29. The molecule has 1 aliphatic rings. The van der Waals surface area contributed by atoms with Gasteiger partial charge in [-0.3, -0.25) is 4.79 Å². The molecule has 6 nitrogen and oxygen atoms in total. The topological polar surface area (TPSA) is 65.9 Å². The van der Waals surface area contributed by atoms with Gasteiger partial charge in [0.2, 0.25) is 0 Å². The lowest BCUT2D eigenvalue weighted by Crippen LogP contribution is -2.50. The molecule has 1 saturated heterocycles. The van der Waals surface area contributed by atoms with Crippen molar-refractivity contribution in [3.63, 3.8) is 0 Å². The molecule has 0 spiro atoms. The number of halogens is 3. The molecule has 9 heteroatoms. The normalized spacial score (nSPS) is 14.9. The first-order valence-electron chi connectivity index (χ1n) is 8.31. The van der Waals surface area contributed by atoms with Crippen molar-refractivity contribution in [3.05, 3.63) is 48.2 Å². The van der Waals surface area contributed by atoms with Gasteiger partial charge >= 0.3 is 6.18 Å². The molecule has 2 heterocycles. The average molecular weight is 381 g/mol. The number of carbonyl (C=O) groups excluding carboxylic acids is 1. The van der Waals surface area contributed by atoms with Crippen LogP contribution in [0, 0.1) is 0 Å². The van der Waals surface area contributed by atoms with E-state index < -0.39 is 11.7 Å². The van der Waals surface area contributed by atoms with Crippen molar-refractivity contribution in [1.29, 1.82) is 0 Å². The molecule has 0 saturated carbocycles. The van der Waals surface area contributed by atoms with Crippen molar-refractivity contribution in [2.24, 2.45) is 0 Å². The highest BCUT2D eigenvalue weighted by atomic mass is 19.4. The van der Waals surface area contributed by atoms with E-state index in [9.17, 15) is 23.1 Å². The number of rotatable bonds is 4. The maximum Gasteiger partial charge on any atom is 0.417 e. The van der Waals surface area contributed by atoms with E-state index in [1.54, 1.807) is 23.1 Å². The molecule has 0 unspecified atom stereocenters. The standard InChI is InChI=1S/C18H18F3N3O3/c19-18(20,21)13-5-6-16(22-11-13)23-7-9-24(10-8-23)17(26)12-27-15-4-2-1-3-14(15)25/h1-6,11,25H,7-10,12H2. The lowest BCUT2D eigenvalue weighted by atomic mass is 10.2. The summed E-state index contributed by atoms with van der Waals surface area (Å²) < 4.78 is 43.1. The van der Waals surface area contributed by atoms with E-state index in [4.69, 9.17) is 4.74 Å². The second-order valence-corrected chi connectivity index (χ2v) is 6.03. The number of ether oxygens (including phenoxy) is 1. The third-order valence-electron chi connectivity index (χ3n) is 4.25. The summed E-state index contributed by atoms with van der Waals surface area (Å²) in [5, 5.41) is 9.63. The molecule has 144 valence electrons. The number of phenolic OH excluding ortho intramolecular Hbond substituents is 1. The number of nitrogens with zero attached hydrogens (tertiary/aromatic N) is 3. The first-order chi connectivity index (χ1) is 12.8. The molecule has 0 aliphatic carbocycles. The Labute approximate surface area is 153 Å². The van der Waals surface area contributed by atoms with Gasteiger partial charge in [-0.15, -0.1) is 0 Å². The Balaban J connectivity index is 1.51. The molecule has 1 aromatic heterocycles. The molecular formula is C18H18F3N3O3. The zero-order chi connectivity index (χ0) is 19.4. The average Bonchev–Trinajstić information content (AvgIpc) is 2.67. The van der Waals surface area contributed by atoms with Gasteiger partial charge in [0.1, 0.15) is 5.82 Å². The molecular weight excluding hydrogens is 363 g/mol. The molecule has 27 heavy (non-hydrogen) atoms. The van der Waals surface area contributed by atoms with E-state index in [0.717, 1.165) is 12.3 Å². The fraction of sp³-hybridized carbons (Fsp3) is 0.333. The van der Waals surface area contributed by atoms with Crippen LogP contribution in [0.5, 0.6) is 11.5 Å². The van der Waals surface area contributed by atoms with Gasteiger partial charge in [-0.25, -0.2) is 4.98 Å². The Bertz CT molecular complexity index is 788. The number of anilines is 1. The van der Waals surface area contributed by atoms with E-state index in [-0.39, 0.29) is 24.0 Å². The van der Waals surface area contributed by atoms with Gasteiger partial charge in [0, 0.05) is 32.4 Å². The minimum absolute atomic E-state index is 0.0384. The molecule has 0 atom stereocenters. The summed E-state index contributed by atoms with van der Waals surface area (Å²) in [6.07, 6.45) is -3.60. The number of pyridine rings is 1. The second kappa shape index (κ2) is 7.73. The number of phenols is 1. The third kappa shape index (κ3) is 4.60. The molecule has 3 rings (SSSR count). The van der Waals surface area contributed by atoms with Crippen LogP contribution in [0.3, 0.4) is 0 Å². The van der Waals surface area contributed by atoms with E-state index in [2.05, 4.69) is 4.98 Å². The van der Waals surface area contributed by atoms with Crippen LogP contribution in [-0.4, -0.2) is 53.7 Å². The van der Waals surface area contributed by atoms with E-state index in [0.29, 0.717) is 32.0 Å². The largest absolute Gasteiger partial charge is 0.504 e. The molecule has 1 amide bonds. The first-order valence-corrected chi connectivity index (χ1v) is 8.31. The highest BCUT2D eigenvalue weighted by Gasteiger charge is 2.31. The number of alkyl halides is 3. The summed E-state index contributed by atoms with van der Waals surface area (Å²) in [6, 6.07) is 8.71. The zero-order valence-electron chi connectivity index (χ0n) is 14.3. The Morgan fingerprint density at radius 2 is 1.81 bits per heavy atom. The summed E-state index contributed by atoms with van der Waals surface area (Å²) >= 11 is 0. The summed E-state index contributed by atoms with van der Waals surface area (Å²) in [4.78, 5) is 19.6. The monoisotopic (exact) mass is 381 g/mol. The predicted molar refractivity (Wildman–Crippen MR) is 91.6 cm³/mol. The molecule has 1 aromatic carbocycles. The maximum atomic E-state index is 12.6. The summed E-state index contributed by atoms with van der Waals surface area (Å²) in [6.45, 7) is 1.54. The SMILES string of the molecule is O=C(COc1ccccc1O)N1CCN(c2ccc(C(F)(F)F)cn2)CC1. The number of hydrogen-bond donors (Lipinski definition) is 1.